The number of nitrogens with zero attached hydrogens (tertiary/aromatic N) is 4. The lowest BCUT2D eigenvalue weighted by atomic mass is 10.2. The van der Waals surface area contributed by atoms with Crippen LogP contribution in [-0.4, -0.2) is 84.3 Å². The molecule has 24 heavy (non-hydrogen) atoms. The van der Waals surface area contributed by atoms with Crippen molar-refractivity contribution >= 4 is 11.8 Å². The molecule has 7 nitrogen and oxygen atoms in total. The van der Waals surface area contributed by atoms with Gasteiger partial charge < -0.3 is 20.6 Å². The van der Waals surface area contributed by atoms with Crippen LogP contribution in [0, 0.1) is 0 Å². The fraction of sp³-hybridized carbons (Fsp3) is 0.765. The zero-order chi connectivity index (χ0) is 16.8. The number of aliphatic hydroxyl groups excluding tert-OH is 1. The summed E-state index contributed by atoms with van der Waals surface area (Å²) in [6.45, 7) is 7.42. The maximum atomic E-state index is 8.91. The quantitative estimate of drug-likeness (QED) is 0.577. The third-order valence-electron chi connectivity index (χ3n) is 4.69. The Morgan fingerprint density at radius 1 is 1.12 bits per heavy atom. The Kier molecular flexibility index (Phi) is 6.23. The molecule has 3 rings (SSSR count). The number of hydrogen-bond acceptors (Lipinski definition) is 7. The summed E-state index contributed by atoms with van der Waals surface area (Å²) < 4.78 is 0. The molecule has 134 valence electrons. The van der Waals surface area contributed by atoms with Crippen molar-refractivity contribution in [3.05, 3.63) is 11.8 Å². The Balaban J connectivity index is 1.51. The molecule has 2 aliphatic rings. The van der Waals surface area contributed by atoms with Crippen LogP contribution in [0.4, 0.5) is 11.8 Å². The topological polar surface area (TPSA) is 76.5 Å². The molecule has 1 aromatic rings. The first-order chi connectivity index (χ1) is 11.7. The van der Waals surface area contributed by atoms with Crippen LogP contribution >= 0.6 is 0 Å². The summed E-state index contributed by atoms with van der Waals surface area (Å²) in [5.74, 6) is 2.19. The second-order valence-electron chi connectivity index (χ2n) is 6.85. The molecule has 3 N–H and O–H groups in total. The lowest BCUT2D eigenvalue weighted by Gasteiger charge is -2.32. The third kappa shape index (κ3) is 5.29. The van der Waals surface area contributed by atoms with Crippen molar-refractivity contribution in [1.29, 1.82) is 0 Å². The van der Waals surface area contributed by atoms with Gasteiger partial charge in [0.05, 0.1) is 5.69 Å². The maximum absolute atomic E-state index is 8.91. The zero-order valence-electron chi connectivity index (χ0n) is 14.7. The van der Waals surface area contributed by atoms with E-state index in [1.165, 1.54) is 12.8 Å². The van der Waals surface area contributed by atoms with Crippen LogP contribution in [-0.2, 0) is 0 Å². The predicted molar refractivity (Wildman–Crippen MR) is 96.6 cm³/mol. The molecule has 1 aliphatic carbocycles. The van der Waals surface area contributed by atoms with E-state index in [1.54, 1.807) is 0 Å². The molecular weight excluding hydrogens is 304 g/mol. The summed E-state index contributed by atoms with van der Waals surface area (Å²) in [4.78, 5) is 14.1. The Morgan fingerprint density at radius 2 is 1.92 bits per heavy atom. The summed E-state index contributed by atoms with van der Waals surface area (Å²) in [6, 6.07) is 2.10. The number of nitrogens with one attached hydrogen (secondary N) is 2. The van der Waals surface area contributed by atoms with Gasteiger partial charge in [0.15, 0.2) is 0 Å². The molecule has 0 radical (unpaired) electrons. The monoisotopic (exact) mass is 334 g/mol. The minimum absolute atomic E-state index is 0.186. The largest absolute Gasteiger partial charge is 0.396 e. The first kappa shape index (κ1) is 17.4. The van der Waals surface area contributed by atoms with E-state index in [2.05, 4.69) is 43.5 Å². The van der Waals surface area contributed by atoms with Gasteiger partial charge in [-0.25, -0.2) is 4.98 Å². The Hall–Kier alpha value is -1.44. The fourth-order valence-electron chi connectivity index (χ4n) is 2.92. The van der Waals surface area contributed by atoms with Gasteiger partial charge in [-0.15, -0.1) is 0 Å². The molecule has 0 amide bonds. The van der Waals surface area contributed by atoms with Gasteiger partial charge in [0.2, 0.25) is 5.95 Å². The highest BCUT2D eigenvalue weighted by Gasteiger charge is 2.26. The summed E-state index contributed by atoms with van der Waals surface area (Å²) in [5.41, 5.74) is 1.14. The van der Waals surface area contributed by atoms with Gasteiger partial charge in [-0.1, -0.05) is 0 Å². The van der Waals surface area contributed by atoms with Crippen LogP contribution in [0.1, 0.15) is 30.9 Å². The Labute approximate surface area is 144 Å². The van der Waals surface area contributed by atoms with Gasteiger partial charge in [0.25, 0.3) is 0 Å². The van der Waals surface area contributed by atoms with Crippen LogP contribution in [0.2, 0.25) is 0 Å². The molecule has 1 aromatic heterocycles. The van der Waals surface area contributed by atoms with E-state index in [-0.39, 0.29) is 6.61 Å². The highest BCUT2D eigenvalue weighted by molar-refractivity contribution is 5.44. The molecular formula is C17H30N6O. The van der Waals surface area contributed by atoms with Crippen LogP contribution in [0.25, 0.3) is 0 Å². The average molecular weight is 334 g/mol. The maximum Gasteiger partial charge on any atom is 0.224 e. The highest BCUT2D eigenvalue weighted by Crippen LogP contribution is 2.39. The second-order valence-corrected chi connectivity index (χ2v) is 6.85. The fourth-order valence-corrected chi connectivity index (χ4v) is 2.92. The summed E-state index contributed by atoms with van der Waals surface area (Å²) in [7, 11) is 2.18. The van der Waals surface area contributed by atoms with Gasteiger partial charge in [-0.05, 0) is 26.3 Å². The third-order valence-corrected chi connectivity index (χ3v) is 4.69. The molecule has 2 heterocycles. The predicted octanol–water partition coefficient (Wildman–Crippen LogP) is 0.808. The number of likely N-dealkylation sites (N-methyl/N-ethyl adjacent to an activating group) is 1. The molecule has 0 spiro atoms. The second kappa shape index (κ2) is 8.60. The molecule has 2 fully saturated rings. The molecule has 0 atom stereocenters. The summed E-state index contributed by atoms with van der Waals surface area (Å²) in [6.07, 6.45) is 3.17. The van der Waals surface area contributed by atoms with Gasteiger partial charge in [0, 0.05) is 64.4 Å². The first-order valence-corrected chi connectivity index (χ1v) is 9.13. The molecule has 1 saturated carbocycles. The van der Waals surface area contributed by atoms with Gasteiger partial charge in [-0.3, -0.25) is 4.90 Å². The van der Waals surface area contributed by atoms with Crippen molar-refractivity contribution in [2.24, 2.45) is 0 Å². The van der Waals surface area contributed by atoms with Crippen LogP contribution in [0.3, 0.4) is 0 Å². The van der Waals surface area contributed by atoms with Crippen molar-refractivity contribution < 1.29 is 5.11 Å². The molecule has 7 heteroatoms. The van der Waals surface area contributed by atoms with Crippen molar-refractivity contribution in [3.8, 4) is 0 Å². The minimum Gasteiger partial charge on any atom is -0.396 e. The molecule has 1 aliphatic heterocycles. The normalized spacial score (nSPS) is 19.4. The van der Waals surface area contributed by atoms with Crippen molar-refractivity contribution in [3.63, 3.8) is 0 Å². The van der Waals surface area contributed by atoms with Crippen molar-refractivity contribution in [2.45, 2.75) is 25.2 Å². The molecule has 1 saturated heterocycles. The smallest absolute Gasteiger partial charge is 0.224 e. The van der Waals surface area contributed by atoms with Crippen LogP contribution < -0.4 is 10.6 Å². The first-order valence-electron chi connectivity index (χ1n) is 9.13. The van der Waals surface area contributed by atoms with Crippen molar-refractivity contribution in [2.75, 3.05) is 70.1 Å². The zero-order valence-corrected chi connectivity index (χ0v) is 14.7. The van der Waals surface area contributed by atoms with Crippen LogP contribution in [0.15, 0.2) is 6.07 Å². The van der Waals surface area contributed by atoms with E-state index in [1.807, 2.05) is 0 Å². The minimum atomic E-state index is 0.186. The highest BCUT2D eigenvalue weighted by atomic mass is 16.3. The summed E-state index contributed by atoms with van der Waals surface area (Å²) in [5, 5.41) is 15.6. The number of hydrogen-bond donors (Lipinski definition) is 3. The standard InChI is InChI=1S/C17H30N6O/c1-22-8-10-23(11-9-22)7-6-18-16-13-15(14-3-4-14)20-17(21-16)19-5-2-12-24/h13-14,24H,2-12H2,1H3,(H2,18,19,20,21). The van der Waals surface area contributed by atoms with E-state index in [4.69, 9.17) is 5.11 Å². The Bertz CT molecular complexity index is 514. The van der Waals surface area contributed by atoms with Gasteiger partial charge >= 0.3 is 0 Å². The molecule has 0 aromatic carbocycles. The lowest BCUT2D eigenvalue weighted by molar-refractivity contribution is 0.158. The van der Waals surface area contributed by atoms with Gasteiger partial charge in [-0.2, -0.15) is 4.98 Å². The van der Waals surface area contributed by atoms with E-state index in [0.29, 0.717) is 24.8 Å². The number of piperazine rings is 1. The van der Waals surface area contributed by atoms with E-state index in [9.17, 15) is 0 Å². The average Bonchev–Trinajstić information content (AvgIpc) is 3.42. The molecule has 0 bridgehead atoms. The summed E-state index contributed by atoms with van der Waals surface area (Å²) >= 11 is 0. The molecule has 0 unspecified atom stereocenters. The number of aromatic nitrogens is 2. The SMILES string of the molecule is CN1CCN(CCNc2cc(C3CC3)nc(NCCCO)n2)CC1. The van der Waals surface area contributed by atoms with Gasteiger partial charge in [0.1, 0.15) is 5.82 Å². The van der Waals surface area contributed by atoms with Crippen molar-refractivity contribution in [1.82, 2.24) is 19.8 Å². The van der Waals surface area contributed by atoms with Crippen LogP contribution in [0.5, 0.6) is 0 Å². The number of rotatable bonds is 9. The Morgan fingerprint density at radius 3 is 2.62 bits per heavy atom. The van der Waals surface area contributed by atoms with E-state index >= 15 is 0 Å². The number of aliphatic hydroxyl groups is 1. The lowest BCUT2D eigenvalue weighted by Crippen LogP contribution is -2.45. The van der Waals surface area contributed by atoms with E-state index in [0.717, 1.165) is 50.8 Å². The van der Waals surface area contributed by atoms with E-state index < -0.39 is 0 Å². The number of anilines is 2.